The molecule has 0 bridgehead atoms. The smallest absolute Gasteiger partial charge is 0.309 e. The molecule has 0 radical (unpaired) electrons. The average Bonchev–Trinajstić information content (AvgIpc) is 2.86. The minimum atomic E-state index is -0.857. The Balaban J connectivity index is 2.13. The zero-order valence-corrected chi connectivity index (χ0v) is 12.1. The maximum absolute atomic E-state index is 10.8. The fraction of sp³-hybridized carbons (Fsp3) is 0.200. The molecule has 1 N–H and O–H groups in total. The molecule has 2 aromatic heterocycles. The summed E-state index contributed by atoms with van der Waals surface area (Å²) < 4.78 is 1.99. The summed E-state index contributed by atoms with van der Waals surface area (Å²) in [5.41, 5.74) is 4.03. The van der Waals surface area contributed by atoms with Crippen molar-refractivity contribution in [2.24, 2.45) is 0 Å². The zero-order valence-electron chi connectivity index (χ0n) is 11.3. The Morgan fingerprint density at radius 1 is 1.30 bits per heavy atom. The van der Waals surface area contributed by atoms with E-state index in [0.717, 1.165) is 16.2 Å². The minimum absolute atomic E-state index is 0.0409. The lowest BCUT2D eigenvalue weighted by atomic mass is 10.1. The third-order valence-corrected chi connectivity index (χ3v) is 4.17. The fourth-order valence-electron chi connectivity index (χ4n) is 2.29. The molecule has 20 heavy (non-hydrogen) atoms. The molecule has 102 valence electrons. The number of hydrogen-bond donors (Lipinski definition) is 1. The van der Waals surface area contributed by atoms with Crippen LogP contribution in [0.5, 0.6) is 0 Å². The third kappa shape index (κ3) is 2.20. The van der Waals surface area contributed by atoms with Gasteiger partial charge in [-0.05, 0) is 19.4 Å². The van der Waals surface area contributed by atoms with E-state index in [4.69, 9.17) is 5.11 Å². The van der Waals surface area contributed by atoms with Gasteiger partial charge in [0.15, 0.2) is 4.96 Å². The lowest BCUT2D eigenvalue weighted by Crippen LogP contribution is -1.99. The van der Waals surface area contributed by atoms with Crippen LogP contribution in [-0.2, 0) is 11.2 Å². The second-order valence-electron chi connectivity index (χ2n) is 4.83. The Kier molecular flexibility index (Phi) is 3.06. The summed E-state index contributed by atoms with van der Waals surface area (Å²) in [5.74, 6) is -0.857. The highest BCUT2D eigenvalue weighted by molar-refractivity contribution is 7.17. The van der Waals surface area contributed by atoms with E-state index in [1.54, 1.807) is 11.3 Å². The van der Waals surface area contributed by atoms with Gasteiger partial charge in [-0.2, -0.15) is 0 Å². The number of imidazole rings is 1. The topological polar surface area (TPSA) is 54.6 Å². The Hall–Kier alpha value is -2.14. The summed E-state index contributed by atoms with van der Waals surface area (Å²) >= 11 is 1.58. The number of hydrogen-bond acceptors (Lipinski definition) is 3. The van der Waals surface area contributed by atoms with Crippen molar-refractivity contribution in [1.82, 2.24) is 9.38 Å². The Morgan fingerprint density at radius 2 is 2.00 bits per heavy atom. The summed E-state index contributed by atoms with van der Waals surface area (Å²) in [7, 11) is 0. The molecule has 0 unspecified atom stereocenters. The standard InChI is InChI=1S/C15H14N2O2S/c1-9-3-5-11(6-4-9)14-10(2)20-15-16-12(7-13(18)19)8-17(14)15/h3-6,8H,7H2,1-2H3,(H,18,19). The normalized spacial score (nSPS) is 11.1. The van der Waals surface area contributed by atoms with Gasteiger partial charge in [0.2, 0.25) is 0 Å². The molecule has 3 rings (SSSR count). The van der Waals surface area contributed by atoms with E-state index in [2.05, 4.69) is 43.1 Å². The first-order valence-corrected chi connectivity index (χ1v) is 7.12. The van der Waals surface area contributed by atoms with Crippen LogP contribution in [0.2, 0.25) is 0 Å². The quantitative estimate of drug-likeness (QED) is 0.803. The van der Waals surface area contributed by atoms with E-state index in [1.165, 1.54) is 10.4 Å². The Morgan fingerprint density at radius 3 is 2.65 bits per heavy atom. The molecule has 5 heteroatoms. The largest absolute Gasteiger partial charge is 0.481 e. The van der Waals surface area contributed by atoms with Gasteiger partial charge in [-0.25, -0.2) is 4.98 Å². The zero-order chi connectivity index (χ0) is 14.3. The SMILES string of the molecule is Cc1ccc(-c2c(C)sc3nc(CC(=O)O)cn23)cc1. The summed E-state index contributed by atoms with van der Waals surface area (Å²) in [5, 5.41) is 8.86. The number of fused-ring (bicyclic) bond motifs is 1. The predicted molar refractivity (Wildman–Crippen MR) is 79.3 cm³/mol. The maximum atomic E-state index is 10.8. The number of carbonyl (C=O) groups is 1. The van der Waals surface area contributed by atoms with Gasteiger partial charge in [0.25, 0.3) is 0 Å². The van der Waals surface area contributed by atoms with Crippen molar-refractivity contribution in [3.05, 3.63) is 46.6 Å². The summed E-state index contributed by atoms with van der Waals surface area (Å²) in [6, 6.07) is 8.32. The molecule has 2 heterocycles. The van der Waals surface area contributed by atoms with Crippen LogP contribution in [0.1, 0.15) is 16.1 Å². The average molecular weight is 286 g/mol. The van der Waals surface area contributed by atoms with Crippen molar-refractivity contribution in [2.75, 3.05) is 0 Å². The van der Waals surface area contributed by atoms with Crippen molar-refractivity contribution < 1.29 is 9.90 Å². The van der Waals surface area contributed by atoms with Gasteiger partial charge < -0.3 is 5.11 Å². The van der Waals surface area contributed by atoms with Crippen LogP contribution in [0, 0.1) is 13.8 Å². The van der Waals surface area contributed by atoms with Crippen molar-refractivity contribution in [1.29, 1.82) is 0 Å². The van der Waals surface area contributed by atoms with E-state index in [1.807, 2.05) is 10.6 Å². The number of carboxylic acids is 1. The molecule has 0 aliphatic carbocycles. The second-order valence-corrected chi connectivity index (χ2v) is 6.01. The molecule has 0 aliphatic heterocycles. The van der Waals surface area contributed by atoms with Crippen molar-refractivity contribution in [3.63, 3.8) is 0 Å². The van der Waals surface area contributed by atoms with Crippen LogP contribution in [-0.4, -0.2) is 20.5 Å². The minimum Gasteiger partial charge on any atom is -0.481 e. The molecule has 0 amide bonds. The number of rotatable bonds is 3. The van der Waals surface area contributed by atoms with Crippen LogP contribution >= 0.6 is 11.3 Å². The van der Waals surface area contributed by atoms with Crippen LogP contribution in [0.4, 0.5) is 0 Å². The highest BCUT2D eigenvalue weighted by Crippen LogP contribution is 2.31. The number of carboxylic acid groups (broad SMARTS) is 1. The molecule has 0 atom stereocenters. The second kappa shape index (κ2) is 4.76. The Bertz CT molecular complexity index is 784. The molecule has 0 fully saturated rings. The first-order valence-electron chi connectivity index (χ1n) is 6.31. The highest BCUT2D eigenvalue weighted by atomic mass is 32.1. The summed E-state index contributed by atoms with van der Waals surface area (Å²) in [6.45, 7) is 4.12. The molecule has 0 spiro atoms. The van der Waals surface area contributed by atoms with Crippen LogP contribution in [0.25, 0.3) is 16.2 Å². The number of aromatic nitrogens is 2. The number of thiazole rings is 1. The van der Waals surface area contributed by atoms with Gasteiger partial charge in [-0.3, -0.25) is 9.20 Å². The maximum Gasteiger partial charge on any atom is 0.309 e. The molecule has 1 aromatic carbocycles. The summed E-state index contributed by atoms with van der Waals surface area (Å²) in [4.78, 5) is 17.2. The van der Waals surface area contributed by atoms with Gasteiger partial charge in [0.1, 0.15) is 0 Å². The number of aliphatic carboxylic acids is 1. The lowest BCUT2D eigenvalue weighted by molar-refractivity contribution is -0.136. The van der Waals surface area contributed by atoms with Gasteiger partial charge in [0.05, 0.1) is 17.8 Å². The van der Waals surface area contributed by atoms with E-state index < -0.39 is 5.97 Å². The number of benzene rings is 1. The highest BCUT2D eigenvalue weighted by Gasteiger charge is 2.14. The van der Waals surface area contributed by atoms with E-state index in [-0.39, 0.29) is 6.42 Å². The van der Waals surface area contributed by atoms with Gasteiger partial charge in [0, 0.05) is 11.1 Å². The fourth-order valence-corrected chi connectivity index (χ4v) is 3.28. The van der Waals surface area contributed by atoms with Crippen LogP contribution in [0.15, 0.2) is 30.5 Å². The van der Waals surface area contributed by atoms with E-state index >= 15 is 0 Å². The predicted octanol–water partition coefficient (Wildman–Crippen LogP) is 3.31. The van der Waals surface area contributed by atoms with Gasteiger partial charge in [-0.15, -0.1) is 11.3 Å². The van der Waals surface area contributed by atoms with E-state index in [0.29, 0.717) is 5.69 Å². The number of nitrogens with zero attached hydrogens (tertiary/aromatic N) is 2. The molecule has 0 saturated carbocycles. The van der Waals surface area contributed by atoms with Crippen molar-refractivity contribution >= 4 is 22.3 Å². The molecule has 0 aliphatic rings. The molecule has 3 aromatic rings. The van der Waals surface area contributed by atoms with Crippen molar-refractivity contribution in [3.8, 4) is 11.3 Å². The molecule has 0 saturated heterocycles. The van der Waals surface area contributed by atoms with Crippen LogP contribution in [0.3, 0.4) is 0 Å². The summed E-state index contributed by atoms with van der Waals surface area (Å²) in [6.07, 6.45) is 1.78. The Labute approximate surface area is 120 Å². The van der Waals surface area contributed by atoms with E-state index in [9.17, 15) is 4.79 Å². The molecular formula is C15H14N2O2S. The first kappa shape index (κ1) is 12.9. The molecular weight excluding hydrogens is 272 g/mol. The first-order chi connectivity index (χ1) is 9.54. The van der Waals surface area contributed by atoms with Crippen molar-refractivity contribution in [2.45, 2.75) is 20.3 Å². The molecule has 4 nitrogen and oxygen atoms in total. The van der Waals surface area contributed by atoms with Gasteiger partial charge in [-0.1, -0.05) is 29.8 Å². The number of aryl methyl sites for hydroxylation is 2. The third-order valence-electron chi connectivity index (χ3n) is 3.20. The lowest BCUT2D eigenvalue weighted by Gasteiger charge is -2.02. The van der Waals surface area contributed by atoms with Gasteiger partial charge >= 0.3 is 5.97 Å². The monoisotopic (exact) mass is 286 g/mol. The van der Waals surface area contributed by atoms with Crippen LogP contribution < -0.4 is 0 Å².